The number of nitrogens with zero attached hydrogens (tertiary/aromatic N) is 2. The molecule has 0 spiro atoms. The number of aliphatic imine (C=N–C) groups is 1. The van der Waals surface area contributed by atoms with Crippen molar-refractivity contribution in [2.24, 2.45) is 4.99 Å². The van der Waals surface area contributed by atoms with Crippen LogP contribution in [0.15, 0.2) is 59.6 Å². The number of hydrogen-bond donors (Lipinski definition) is 1. The zero-order valence-corrected chi connectivity index (χ0v) is 15.3. The van der Waals surface area contributed by atoms with Gasteiger partial charge in [0.15, 0.2) is 5.17 Å². The van der Waals surface area contributed by atoms with E-state index in [4.69, 9.17) is 0 Å². The van der Waals surface area contributed by atoms with E-state index in [1.165, 1.54) is 23.9 Å². The molecule has 4 rings (SSSR count). The molecule has 2 amide bonds. The Balaban J connectivity index is 1.49. The van der Waals surface area contributed by atoms with Crippen LogP contribution in [0.1, 0.15) is 19.3 Å². The molecule has 0 unspecified atom stereocenters. The maximum atomic E-state index is 13.7. The fraction of sp³-hybridized carbons (Fsp3) is 0.250. The summed E-state index contributed by atoms with van der Waals surface area (Å²) in [4.78, 5) is 31.5. The zero-order chi connectivity index (χ0) is 18.8. The van der Waals surface area contributed by atoms with E-state index in [2.05, 4.69) is 10.3 Å². The smallest absolute Gasteiger partial charge is 0.242 e. The van der Waals surface area contributed by atoms with Crippen LogP contribution in [0.25, 0.3) is 0 Å². The number of amides is 2. The first kappa shape index (κ1) is 17.7. The molecule has 1 atom stereocenters. The largest absolute Gasteiger partial charge is 0.324 e. The number of hydrogen-bond acceptors (Lipinski definition) is 4. The lowest BCUT2D eigenvalue weighted by Crippen LogP contribution is -2.35. The highest BCUT2D eigenvalue weighted by Crippen LogP contribution is 2.39. The van der Waals surface area contributed by atoms with Gasteiger partial charge in [0.25, 0.3) is 0 Å². The molecule has 27 heavy (non-hydrogen) atoms. The molecule has 1 heterocycles. The summed E-state index contributed by atoms with van der Waals surface area (Å²) in [5.41, 5.74) is 0.894. The molecule has 2 aliphatic rings. The summed E-state index contributed by atoms with van der Waals surface area (Å²) >= 11 is 1.30. The summed E-state index contributed by atoms with van der Waals surface area (Å²) in [6.07, 6.45) is 1.89. The van der Waals surface area contributed by atoms with Crippen LogP contribution in [0.5, 0.6) is 0 Å². The van der Waals surface area contributed by atoms with Crippen molar-refractivity contribution in [2.45, 2.75) is 30.6 Å². The minimum atomic E-state index is -0.542. The summed E-state index contributed by atoms with van der Waals surface area (Å²) in [5.74, 6) is -0.981. The first-order valence-electron chi connectivity index (χ1n) is 8.79. The molecule has 5 nitrogen and oxygen atoms in total. The molecule has 1 aliphatic carbocycles. The number of benzene rings is 2. The van der Waals surface area contributed by atoms with Gasteiger partial charge in [-0.1, -0.05) is 42.1 Å². The molecule has 2 fully saturated rings. The normalized spacial score (nSPS) is 20.9. The lowest BCUT2D eigenvalue weighted by atomic mass is 10.2. The molecule has 1 N–H and O–H groups in total. The third kappa shape index (κ3) is 4.03. The summed E-state index contributed by atoms with van der Waals surface area (Å²) in [7, 11) is 0. The number of para-hydroxylation sites is 2. The highest BCUT2D eigenvalue weighted by atomic mass is 32.2. The molecule has 0 radical (unpaired) electrons. The van der Waals surface area contributed by atoms with E-state index < -0.39 is 11.1 Å². The number of thioether (sulfide) groups is 1. The summed E-state index contributed by atoms with van der Waals surface area (Å²) in [5, 5.41) is 2.64. The third-order valence-electron chi connectivity index (χ3n) is 4.38. The van der Waals surface area contributed by atoms with Crippen molar-refractivity contribution in [2.75, 3.05) is 5.32 Å². The van der Waals surface area contributed by atoms with Crippen LogP contribution < -0.4 is 5.32 Å². The van der Waals surface area contributed by atoms with Gasteiger partial charge in [-0.2, -0.15) is 0 Å². The van der Waals surface area contributed by atoms with Gasteiger partial charge < -0.3 is 5.32 Å². The number of amidine groups is 1. The molecule has 0 aromatic heterocycles. The Morgan fingerprint density at radius 2 is 1.85 bits per heavy atom. The van der Waals surface area contributed by atoms with E-state index in [-0.39, 0.29) is 30.0 Å². The van der Waals surface area contributed by atoms with Gasteiger partial charge in [-0.25, -0.2) is 9.38 Å². The van der Waals surface area contributed by atoms with Crippen molar-refractivity contribution in [3.63, 3.8) is 0 Å². The van der Waals surface area contributed by atoms with Crippen molar-refractivity contribution in [1.82, 2.24) is 4.90 Å². The topological polar surface area (TPSA) is 61.8 Å². The Labute approximate surface area is 160 Å². The molecule has 2 aromatic rings. The van der Waals surface area contributed by atoms with Gasteiger partial charge in [0.1, 0.15) is 11.1 Å². The minimum Gasteiger partial charge on any atom is -0.324 e. The fourth-order valence-electron chi connectivity index (χ4n) is 2.91. The first-order valence-corrected chi connectivity index (χ1v) is 9.67. The Kier molecular flexibility index (Phi) is 4.94. The van der Waals surface area contributed by atoms with E-state index in [0.717, 1.165) is 18.5 Å². The van der Waals surface area contributed by atoms with E-state index in [0.29, 0.717) is 5.17 Å². The number of nitrogens with one attached hydrogen (secondary N) is 1. The van der Waals surface area contributed by atoms with E-state index in [1.807, 2.05) is 30.3 Å². The van der Waals surface area contributed by atoms with Crippen LogP contribution in [0, 0.1) is 5.82 Å². The highest BCUT2D eigenvalue weighted by Gasteiger charge is 2.46. The molecular weight excluding hydrogens is 365 g/mol. The molecule has 1 saturated heterocycles. The maximum absolute atomic E-state index is 13.7. The average molecular weight is 383 g/mol. The summed E-state index contributed by atoms with van der Waals surface area (Å²) in [6.45, 7) is 0. The number of halogens is 1. The lowest BCUT2D eigenvalue weighted by molar-refractivity contribution is -0.128. The maximum Gasteiger partial charge on any atom is 0.242 e. The summed E-state index contributed by atoms with van der Waals surface area (Å²) in [6, 6.07) is 15.6. The van der Waals surface area contributed by atoms with Gasteiger partial charge in [-0.3, -0.25) is 14.5 Å². The standard InChI is InChI=1S/C20H18FN3O2S/c21-15-8-4-5-9-16(15)23-18(25)12-17-19(26)24(14-10-11-14)20(27-17)22-13-6-2-1-3-7-13/h1-9,14,17H,10-12H2,(H,23,25)/t17-/m1/s1. The molecule has 0 bridgehead atoms. The molecule has 2 aromatic carbocycles. The van der Waals surface area contributed by atoms with Crippen LogP contribution in [0.2, 0.25) is 0 Å². The van der Waals surface area contributed by atoms with Crippen LogP contribution in [-0.2, 0) is 9.59 Å². The van der Waals surface area contributed by atoms with Gasteiger partial charge in [0, 0.05) is 12.5 Å². The highest BCUT2D eigenvalue weighted by molar-refractivity contribution is 8.15. The van der Waals surface area contributed by atoms with Crippen LogP contribution >= 0.6 is 11.8 Å². The van der Waals surface area contributed by atoms with Crippen LogP contribution in [0.4, 0.5) is 15.8 Å². The Bertz CT molecular complexity index is 899. The van der Waals surface area contributed by atoms with Gasteiger partial charge in [-0.15, -0.1) is 0 Å². The predicted molar refractivity (Wildman–Crippen MR) is 104 cm³/mol. The third-order valence-corrected chi connectivity index (χ3v) is 5.53. The fourth-order valence-corrected chi connectivity index (χ4v) is 4.12. The van der Waals surface area contributed by atoms with Gasteiger partial charge in [0.2, 0.25) is 11.8 Å². The number of carbonyl (C=O) groups excluding carboxylic acids is 2. The van der Waals surface area contributed by atoms with E-state index >= 15 is 0 Å². The Morgan fingerprint density at radius 3 is 2.56 bits per heavy atom. The van der Waals surface area contributed by atoms with Gasteiger partial charge in [-0.05, 0) is 37.1 Å². The van der Waals surface area contributed by atoms with Crippen molar-refractivity contribution in [3.05, 3.63) is 60.4 Å². The van der Waals surface area contributed by atoms with E-state index in [9.17, 15) is 14.0 Å². The van der Waals surface area contributed by atoms with Crippen LogP contribution in [0.3, 0.4) is 0 Å². The number of rotatable bonds is 5. The Hall–Kier alpha value is -2.67. The van der Waals surface area contributed by atoms with Crippen molar-refractivity contribution in [3.8, 4) is 0 Å². The van der Waals surface area contributed by atoms with E-state index in [1.54, 1.807) is 17.0 Å². The van der Waals surface area contributed by atoms with Crippen molar-refractivity contribution >= 4 is 40.1 Å². The molecule has 1 aliphatic heterocycles. The summed E-state index contributed by atoms with van der Waals surface area (Å²) < 4.78 is 13.7. The van der Waals surface area contributed by atoms with Crippen LogP contribution in [-0.4, -0.2) is 33.2 Å². The molecule has 7 heteroatoms. The Morgan fingerprint density at radius 1 is 1.15 bits per heavy atom. The monoisotopic (exact) mass is 383 g/mol. The lowest BCUT2D eigenvalue weighted by Gasteiger charge is -2.15. The second-order valence-electron chi connectivity index (χ2n) is 6.51. The SMILES string of the molecule is O=C(C[C@H]1SC(=Nc2ccccc2)N(C2CC2)C1=O)Nc1ccccc1F. The zero-order valence-electron chi connectivity index (χ0n) is 14.5. The molecular formula is C20H18FN3O2S. The second-order valence-corrected chi connectivity index (χ2v) is 7.68. The van der Waals surface area contributed by atoms with Gasteiger partial charge in [0.05, 0.1) is 11.4 Å². The predicted octanol–water partition coefficient (Wildman–Crippen LogP) is 3.95. The number of anilines is 1. The van der Waals surface area contributed by atoms with Crippen molar-refractivity contribution < 1.29 is 14.0 Å². The second kappa shape index (κ2) is 7.52. The molecule has 1 saturated carbocycles. The van der Waals surface area contributed by atoms with Gasteiger partial charge >= 0.3 is 0 Å². The minimum absolute atomic E-state index is 0.0190. The number of carbonyl (C=O) groups is 2. The van der Waals surface area contributed by atoms with Crippen molar-refractivity contribution in [1.29, 1.82) is 0 Å². The molecule has 138 valence electrons. The average Bonchev–Trinajstić information content (AvgIpc) is 3.44. The first-order chi connectivity index (χ1) is 13.1. The quantitative estimate of drug-likeness (QED) is 0.850.